The summed E-state index contributed by atoms with van der Waals surface area (Å²) >= 11 is 0. The van der Waals surface area contributed by atoms with E-state index in [4.69, 9.17) is 0 Å². The van der Waals surface area contributed by atoms with Crippen LogP contribution in [0.3, 0.4) is 0 Å². The third kappa shape index (κ3) is 2.30. The first-order chi connectivity index (χ1) is 9.15. The van der Waals surface area contributed by atoms with Gasteiger partial charge >= 0.3 is 0 Å². The Hall–Kier alpha value is -1.61. The number of nitrogens with one attached hydrogen (secondary N) is 2. The highest BCUT2D eigenvalue weighted by atomic mass is 15.0. The summed E-state index contributed by atoms with van der Waals surface area (Å²) in [4.78, 5) is 8.06. The molecule has 1 saturated heterocycles. The Kier molecular flexibility index (Phi) is 3.15. The lowest BCUT2D eigenvalue weighted by Crippen LogP contribution is -2.14. The number of benzene rings is 1. The molecular formula is C16H21N3. The van der Waals surface area contributed by atoms with Gasteiger partial charge in [0.2, 0.25) is 0 Å². The van der Waals surface area contributed by atoms with Gasteiger partial charge in [0.15, 0.2) is 0 Å². The van der Waals surface area contributed by atoms with Gasteiger partial charge in [-0.2, -0.15) is 0 Å². The smallest absolute Gasteiger partial charge is 0.123 e. The molecule has 3 nitrogen and oxygen atoms in total. The molecule has 0 spiro atoms. The molecule has 0 radical (unpaired) electrons. The molecule has 0 saturated carbocycles. The lowest BCUT2D eigenvalue weighted by Gasteiger charge is -2.10. The molecule has 1 aromatic heterocycles. The van der Waals surface area contributed by atoms with Crippen LogP contribution < -0.4 is 5.32 Å². The number of H-pyrrole nitrogens is 1. The minimum Gasteiger partial charge on any atom is -0.341 e. The van der Waals surface area contributed by atoms with Crippen LogP contribution in [0.2, 0.25) is 0 Å². The maximum Gasteiger partial charge on any atom is 0.123 e. The summed E-state index contributed by atoms with van der Waals surface area (Å²) in [5.74, 6) is 1.08. The van der Waals surface area contributed by atoms with Gasteiger partial charge in [0.1, 0.15) is 5.82 Å². The molecule has 1 aliphatic rings. The van der Waals surface area contributed by atoms with Crippen LogP contribution in [-0.2, 0) is 0 Å². The summed E-state index contributed by atoms with van der Waals surface area (Å²) < 4.78 is 0. The van der Waals surface area contributed by atoms with Crippen molar-refractivity contribution in [2.24, 2.45) is 0 Å². The van der Waals surface area contributed by atoms with Crippen LogP contribution in [0, 0.1) is 20.8 Å². The Morgan fingerprint density at radius 1 is 1.16 bits per heavy atom. The van der Waals surface area contributed by atoms with E-state index in [1.807, 2.05) is 6.20 Å². The Morgan fingerprint density at radius 2 is 1.89 bits per heavy atom. The summed E-state index contributed by atoms with van der Waals surface area (Å²) in [7, 11) is 0. The molecular weight excluding hydrogens is 234 g/mol. The van der Waals surface area contributed by atoms with Crippen LogP contribution in [0.25, 0.3) is 11.3 Å². The second-order valence-corrected chi connectivity index (χ2v) is 5.60. The van der Waals surface area contributed by atoms with E-state index in [2.05, 4.69) is 48.2 Å². The second-order valence-electron chi connectivity index (χ2n) is 5.60. The van der Waals surface area contributed by atoms with Crippen molar-refractivity contribution in [1.82, 2.24) is 15.3 Å². The van der Waals surface area contributed by atoms with Crippen LogP contribution in [0.5, 0.6) is 0 Å². The van der Waals surface area contributed by atoms with Gasteiger partial charge in [-0.25, -0.2) is 4.98 Å². The molecule has 100 valence electrons. The van der Waals surface area contributed by atoms with Gasteiger partial charge in [-0.1, -0.05) is 17.7 Å². The van der Waals surface area contributed by atoms with Crippen molar-refractivity contribution in [2.75, 3.05) is 6.54 Å². The van der Waals surface area contributed by atoms with E-state index in [1.54, 1.807) is 0 Å². The van der Waals surface area contributed by atoms with E-state index in [0.717, 1.165) is 18.1 Å². The number of imidazole rings is 1. The van der Waals surface area contributed by atoms with Gasteiger partial charge < -0.3 is 10.3 Å². The van der Waals surface area contributed by atoms with Crippen LogP contribution in [0.4, 0.5) is 0 Å². The lowest BCUT2D eigenvalue weighted by atomic mass is 9.98. The van der Waals surface area contributed by atoms with Crippen LogP contribution in [-0.4, -0.2) is 16.5 Å². The molecule has 0 bridgehead atoms. The summed E-state index contributed by atoms with van der Waals surface area (Å²) in [5, 5.41) is 3.48. The Morgan fingerprint density at radius 3 is 2.53 bits per heavy atom. The summed E-state index contributed by atoms with van der Waals surface area (Å²) in [5.41, 5.74) is 6.37. The monoisotopic (exact) mass is 255 g/mol. The largest absolute Gasteiger partial charge is 0.341 e. The van der Waals surface area contributed by atoms with Crippen molar-refractivity contribution in [3.63, 3.8) is 0 Å². The standard InChI is InChI=1S/C16H21N3/c1-10-7-11(2)15(12(3)8-10)14-9-18-16(19-14)13-5-4-6-17-13/h7-9,13,17H,4-6H2,1-3H3,(H,18,19). The first-order valence-electron chi connectivity index (χ1n) is 7.01. The van der Waals surface area contributed by atoms with Crippen molar-refractivity contribution in [2.45, 2.75) is 39.7 Å². The van der Waals surface area contributed by atoms with E-state index >= 15 is 0 Å². The molecule has 1 aliphatic heterocycles. The molecule has 1 atom stereocenters. The van der Waals surface area contributed by atoms with Crippen molar-refractivity contribution in [1.29, 1.82) is 0 Å². The first-order valence-corrected chi connectivity index (χ1v) is 7.01. The highest BCUT2D eigenvalue weighted by molar-refractivity contribution is 5.67. The fourth-order valence-electron chi connectivity index (χ4n) is 3.16. The second kappa shape index (κ2) is 4.82. The summed E-state index contributed by atoms with van der Waals surface area (Å²) in [6.07, 6.45) is 4.39. The van der Waals surface area contributed by atoms with Gasteiger partial charge in [0.25, 0.3) is 0 Å². The molecule has 2 N–H and O–H groups in total. The van der Waals surface area contributed by atoms with E-state index in [0.29, 0.717) is 6.04 Å². The number of nitrogens with zero attached hydrogens (tertiary/aromatic N) is 1. The lowest BCUT2D eigenvalue weighted by molar-refractivity contribution is 0.613. The fourth-order valence-corrected chi connectivity index (χ4v) is 3.16. The first kappa shape index (κ1) is 12.4. The maximum absolute atomic E-state index is 4.56. The molecule has 0 amide bonds. The van der Waals surface area contributed by atoms with E-state index < -0.39 is 0 Å². The molecule has 1 aromatic carbocycles. The Balaban J connectivity index is 1.98. The zero-order valence-corrected chi connectivity index (χ0v) is 11.9. The molecule has 2 heterocycles. The maximum atomic E-state index is 4.56. The van der Waals surface area contributed by atoms with Gasteiger partial charge in [0, 0.05) is 5.56 Å². The molecule has 3 heteroatoms. The zero-order valence-electron chi connectivity index (χ0n) is 11.9. The number of hydrogen-bond acceptors (Lipinski definition) is 2. The Bertz CT molecular complexity index is 569. The normalized spacial score (nSPS) is 19.0. The predicted molar refractivity (Wildman–Crippen MR) is 78.2 cm³/mol. The molecule has 1 fully saturated rings. The highest BCUT2D eigenvalue weighted by Crippen LogP contribution is 2.29. The average molecular weight is 255 g/mol. The number of rotatable bonds is 2. The minimum absolute atomic E-state index is 0.403. The highest BCUT2D eigenvalue weighted by Gasteiger charge is 2.19. The number of hydrogen-bond donors (Lipinski definition) is 2. The molecule has 0 aliphatic carbocycles. The minimum atomic E-state index is 0.403. The van der Waals surface area contributed by atoms with Crippen LogP contribution in [0.1, 0.15) is 41.4 Å². The third-order valence-corrected chi connectivity index (χ3v) is 3.93. The topological polar surface area (TPSA) is 40.7 Å². The molecule has 3 rings (SSSR count). The Labute approximate surface area is 114 Å². The van der Waals surface area contributed by atoms with Gasteiger partial charge in [-0.3, -0.25) is 0 Å². The number of aryl methyl sites for hydroxylation is 3. The zero-order chi connectivity index (χ0) is 13.4. The van der Waals surface area contributed by atoms with Gasteiger partial charge in [0.05, 0.1) is 17.9 Å². The average Bonchev–Trinajstić information content (AvgIpc) is 2.97. The molecule has 1 unspecified atom stereocenters. The van der Waals surface area contributed by atoms with Crippen molar-refractivity contribution >= 4 is 0 Å². The van der Waals surface area contributed by atoms with Crippen molar-refractivity contribution in [3.05, 3.63) is 40.8 Å². The van der Waals surface area contributed by atoms with Crippen LogP contribution >= 0.6 is 0 Å². The van der Waals surface area contributed by atoms with Gasteiger partial charge in [-0.15, -0.1) is 0 Å². The molecule has 19 heavy (non-hydrogen) atoms. The van der Waals surface area contributed by atoms with Crippen molar-refractivity contribution < 1.29 is 0 Å². The fraction of sp³-hybridized carbons (Fsp3) is 0.438. The van der Waals surface area contributed by atoms with Crippen LogP contribution in [0.15, 0.2) is 18.3 Å². The number of aromatic amines is 1. The summed E-state index contributed by atoms with van der Waals surface area (Å²) in [6, 6.07) is 4.87. The summed E-state index contributed by atoms with van der Waals surface area (Å²) in [6.45, 7) is 7.58. The SMILES string of the molecule is Cc1cc(C)c(-c2cnc(C3CCCN3)[nH]2)c(C)c1. The van der Waals surface area contributed by atoms with E-state index in [1.165, 1.54) is 35.1 Å². The third-order valence-electron chi connectivity index (χ3n) is 3.93. The van der Waals surface area contributed by atoms with Crippen molar-refractivity contribution in [3.8, 4) is 11.3 Å². The number of aromatic nitrogens is 2. The quantitative estimate of drug-likeness (QED) is 0.863. The van der Waals surface area contributed by atoms with E-state index in [9.17, 15) is 0 Å². The van der Waals surface area contributed by atoms with E-state index in [-0.39, 0.29) is 0 Å². The molecule has 2 aromatic rings. The van der Waals surface area contributed by atoms with Gasteiger partial charge in [-0.05, 0) is 51.3 Å². The predicted octanol–water partition coefficient (Wildman–Crippen LogP) is 3.43.